The fourth-order valence-electron chi connectivity index (χ4n) is 2.98. The van der Waals surface area contributed by atoms with Crippen LogP contribution in [0.15, 0.2) is 34.7 Å². The molecule has 0 spiro atoms. The number of fused-ring (bicyclic) bond motifs is 1. The van der Waals surface area contributed by atoms with Crippen molar-refractivity contribution in [3.8, 4) is 0 Å². The molecule has 0 aliphatic carbocycles. The Morgan fingerprint density at radius 1 is 1.38 bits per heavy atom. The minimum atomic E-state index is -0.494. The largest absolute Gasteiger partial charge is 0.459 e. The third-order valence-electron chi connectivity index (χ3n) is 4.69. The number of amides is 1. The van der Waals surface area contributed by atoms with Crippen LogP contribution >= 0.6 is 0 Å². The Morgan fingerprint density at radius 3 is 2.88 bits per heavy atom. The van der Waals surface area contributed by atoms with Crippen LogP contribution in [0.3, 0.4) is 0 Å². The highest BCUT2D eigenvalue weighted by atomic mass is 16.5. The molecule has 1 amide bonds. The molecular weight excluding hydrogens is 306 g/mol. The number of nitrogens with zero attached hydrogens (tertiary/aromatic N) is 1. The Hall–Kier alpha value is -1.85. The number of benzene rings is 1. The summed E-state index contributed by atoms with van der Waals surface area (Å²) in [6.45, 7) is 5.01. The monoisotopic (exact) mass is 331 g/mol. The van der Waals surface area contributed by atoms with Gasteiger partial charge in [-0.1, -0.05) is 18.2 Å². The second-order valence-electron chi connectivity index (χ2n) is 6.42. The third kappa shape index (κ3) is 3.62. The number of hydrogen-bond acceptors (Lipinski definition) is 4. The smallest absolute Gasteiger partial charge is 0.251 e. The molecule has 1 saturated heterocycles. The van der Waals surface area contributed by atoms with E-state index in [0.717, 1.165) is 36.2 Å². The molecule has 24 heavy (non-hydrogen) atoms. The van der Waals surface area contributed by atoms with Crippen LogP contribution in [0.2, 0.25) is 0 Å². The van der Waals surface area contributed by atoms with Gasteiger partial charge in [0.25, 0.3) is 5.91 Å². The lowest BCUT2D eigenvalue weighted by molar-refractivity contribution is -0.145. The molecule has 3 rings (SSSR count). The molecule has 1 aliphatic rings. The number of para-hydroxylation sites is 1. The molecule has 1 aromatic carbocycles. The molecule has 1 aliphatic heterocycles. The highest BCUT2D eigenvalue weighted by Gasteiger charge is 2.26. The number of furan rings is 1. The first kappa shape index (κ1) is 17.0. The van der Waals surface area contributed by atoms with Crippen LogP contribution in [0.5, 0.6) is 0 Å². The first-order valence-electron chi connectivity index (χ1n) is 8.54. The maximum absolute atomic E-state index is 12.6. The lowest BCUT2D eigenvalue weighted by Gasteiger charge is -2.26. The summed E-state index contributed by atoms with van der Waals surface area (Å²) in [7, 11) is 1.78. The lowest BCUT2D eigenvalue weighted by Crippen LogP contribution is -2.38. The summed E-state index contributed by atoms with van der Waals surface area (Å²) in [4.78, 5) is 14.3. The molecule has 2 heterocycles. The van der Waals surface area contributed by atoms with Crippen molar-refractivity contribution in [1.29, 1.82) is 0 Å². The van der Waals surface area contributed by atoms with Gasteiger partial charge in [0, 0.05) is 19.0 Å². The van der Waals surface area contributed by atoms with Gasteiger partial charge in [-0.3, -0.25) is 4.79 Å². The summed E-state index contributed by atoms with van der Waals surface area (Å²) in [5.74, 6) is 0.722. The topological polar surface area (TPSA) is 51.9 Å². The Bertz CT molecular complexity index is 656. The number of rotatable bonds is 6. The van der Waals surface area contributed by atoms with E-state index < -0.39 is 6.10 Å². The second kappa shape index (κ2) is 7.36. The standard InChI is InChI=1S/C19H25NO4/c1-13(18-11-15-7-4-5-9-17(15)24-18)20(3)19(21)14(2)23-12-16-8-6-10-22-16/h4-5,7,9,11,13-14,16H,6,8,10,12H2,1-3H3. The molecule has 3 unspecified atom stereocenters. The maximum atomic E-state index is 12.6. The van der Waals surface area contributed by atoms with Crippen LogP contribution in [0.25, 0.3) is 11.0 Å². The van der Waals surface area contributed by atoms with E-state index in [1.54, 1.807) is 18.9 Å². The average molecular weight is 331 g/mol. The van der Waals surface area contributed by atoms with Crippen molar-refractivity contribution in [2.45, 2.75) is 44.9 Å². The highest BCUT2D eigenvalue weighted by Crippen LogP contribution is 2.27. The molecule has 130 valence electrons. The van der Waals surface area contributed by atoms with Gasteiger partial charge in [0.05, 0.1) is 18.8 Å². The third-order valence-corrected chi connectivity index (χ3v) is 4.69. The minimum absolute atomic E-state index is 0.0547. The molecule has 0 N–H and O–H groups in total. The van der Waals surface area contributed by atoms with E-state index in [4.69, 9.17) is 13.9 Å². The first-order chi connectivity index (χ1) is 11.6. The van der Waals surface area contributed by atoms with E-state index in [-0.39, 0.29) is 18.1 Å². The van der Waals surface area contributed by atoms with Crippen molar-refractivity contribution in [3.05, 3.63) is 36.1 Å². The van der Waals surface area contributed by atoms with Crippen molar-refractivity contribution < 1.29 is 18.7 Å². The van der Waals surface area contributed by atoms with Crippen molar-refractivity contribution in [2.24, 2.45) is 0 Å². The average Bonchev–Trinajstić information content (AvgIpc) is 3.26. The molecule has 2 aromatic rings. The highest BCUT2D eigenvalue weighted by molar-refractivity contribution is 5.81. The van der Waals surface area contributed by atoms with Crippen LogP contribution in [0.4, 0.5) is 0 Å². The lowest BCUT2D eigenvalue weighted by atomic mass is 10.2. The minimum Gasteiger partial charge on any atom is -0.459 e. The number of hydrogen-bond donors (Lipinski definition) is 0. The van der Waals surface area contributed by atoms with Crippen molar-refractivity contribution >= 4 is 16.9 Å². The quantitative estimate of drug-likeness (QED) is 0.812. The van der Waals surface area contributed by atoms with E-state index in [9.17, 15) is 4.79 Å². The number of ether oxygens (including phenoxy) is 2. The second-order valence-corrected chi connectivity index (χ2v) is 6.42. The van der Waals surface area contributed by atoms with Gasteiger partial charge in [-0.2, -0.15) is 0 Å². The van der Waals surface area contributed by atoms with E-state index >= 15 is 0 Å². The fourth-order valence-corrected chi connectivity index (χ4v) is 2.98. The Balaban J connectivity index is 1.60. The van der Waals surface area contributed by atoms with Gasteiger partial charge in [-0.25, -0.2) is 0 Å². The van der Waals surface area contributed by atoms with E-state index in [2.05, 4.69) is 0 Å². The molecule has 1 fully saturated rings. The molecule has 5 heteroatoms. The molecule has 5 nitrogen and oxygen atoms in total. The van der Waals surface area contributed by atoms with Gasteiger partial charge in [0.1, 0.15) is 17.4 Å². The Morgan fingerprint density at radius 2 is 2.17 bits per heavy atom. The summed E-state index contributed by atoms with van der Waals surface area (Å²) in [5.41, 5.74) is 0.836. The van der Waals surface area contributed by atoms with Gasteiger partial charge in [-0.15, -0.1) is 0 Å². The summed E-state index contributed by atoms with van der Waals surface area (Å²) in [6.07, 6.45) is 1.70. The van der Waals surface area contributed by atoms with E-state index in [1.807, 2.05) is 37.3 Å². The summed E-state index contributed by atoms with van der Waals surface area (Å²) < 4.78 is 17.1. The summed E-state index contributed by atoms with van der Waals surface area (Å²) in [5, 5.41) is 1.04. The van der Waals surface area contributed by atoms with Crippen LogP contribution < -0.4 is 0 Å². The zero-order valence-corrected chi connectivity index (χ0v) is 14.5. The zero-order chi connectivity index (χ0) is 17.1. The van der Waals surface area contributed by atoms with Crippen LogP contribution in [0.1, 0.15) is 38.5 Å². The van der Waals surface area contributed by atoms with Gasteiger partial charge in [0.2, 0.25) is 0 Å². The van der Waals surface area contributed by atoms with E-state index in [1.165, 1.54) is 0 Å². The van der Waals surface area contributed by atoms with Crippen LogP contribution in [0, 0.1) is 0 Å². The van der Waals surface area contributed by atoms with Gasteiger partial charge in [0.15, 0.2) is 0 Å². The van der Waals surface area contributed by atoms with Gasteiger partial charge < -0.3 is 18.8 Å². The normalized spacial score (nSPS) is 20.2. The molecule has 0 radical (unpaired) electrons. The van der Waals surface area contributed by atoms with Crippen molar-refractivity contribution in [1.82, 2.24) is 4.90 Å². The number of carbonyl (C=O) groups is 1. The number of carbonyl (C=O) groups excluding carboxylic acids is 1. The van der Waals surface area contributed by atoms with Crippen LogP contribution in [-0.4, -0.2) is 43.3 Å². The van der Waals surface area contributed by atoms with Gasteiger partial charge >= 0.3 is 0 Å². The summed E-state index contributed by atoms with van der Waals surface area (Å²) >= 11 is 0. The Labute approximate surface area is 142 Å². The van der Waals surface area contributed by atoms with Crippen molar-refractivity contribution in [3.63, 3.8) is 0 Å². The predicted octanol–water partition coefficient (Wildman–Crippen LogP) is 3.54. The predicted molar refractivity (Wildman–Crippen MR) is 91.8 cm³/mol. The fraction of sp³-hybridized carbons (Fsp3) is 0.526. The first-order valence-corrected chi connectivity index (χ1v) is 8.54. The maximum Gasteiger partial charge on any atom is 0.251 e. The molecule has 3 atom stereocenters. The van der Waals surface area contributed by atoms with E-state index in [0.29, 0.717) is 6.61 Å². The molecular formula is C19H25NO4. The van der Waals surface area contributed by atoms with Gasteiger partial charge in [-0.05, 0) is 38.8 Å². The SMILES string of the molecule is CC(OCC1CCCO1)C(=O)N(C)C(C)c1cc2ccccc2o1. The molecule has 0 saturated carbocycles. The number of likely N-dealkylation sites (N-methyl/N-ethyl adjacent to an activating group) is 1. The zero-order valence-electron chi connectivity index (χ0n) is 14.5. The molecule has 0 bridgehead atoms. The van der Waals surface area contributed by atoms with Crippen LogP contribution in [-0.2, 0) is 14.3 Å². The summed E-state index contributed by atoms with van der Waals surface area (Å²) in [6, 6.07) is 9.68. The Kier molecular flexibility index (Phi) is 5.21. The molecule has 1 aromatic heterocycles. The van der Waals surface area contributed by atoms with Crippen molar-refractivity contribution in [2.75, 3.05) is 20.3 Å².